The van der Waals surface area contributed by atoms with Crippen molar-refractivity contribution in [1.82, 2.24) is 10.2 Å². The zero-order chi connectivity index (χ0) is 13.0. The highest BCUT2D eigenvalue weighted by Gasteiger charge is 2.33. The van der Waals surface area contributed by atoms with Crippen molar-refractivity contribution in [2.75, 3.05) is 19.6 Å². The summed E-state index contributed by atoms with van der Waals surface area (Å²) in [6, 6.07) is 1.60. The lowest BCUT2D eigenvalue weighted by Gasteiger charge is -2.39. The Hall–Kier alpha value is -0.0800. The Kier molecular flexibility index (Phi) is 5.50. The van der Waals surface area contributed by atoms with Crippen molar-refractivity contribution in [3.05, 3.63) is 0 Å². The van der Waals surface area contributed by atoms with E-state index in [1.165, 1.54) is 58.2 Å². The monoisotopic (exact) mass is 252 g/mol. The van der Waals surface area contributed by atoms with Crippen molar-refractivity contribution in [3.8, 4) is 0 Å². The molecule has 0 radical (unpaired) electrons. The van der Waals surface area contributed by atoms with E-state index in [-0.39, 0.29) is 0 Å². The molecule has 2 heteroatoms. The van der Waals surface area contributed by atoms with Gasteiger partial charge < -0.3 is 5.32 Å². The quantitative estimate of drug-likeness (QED) is 0.808. The summed E-state index contributed by atoms with van der Waals surface area (Å²) < 4.78 is 0. The van der Waals surface area contributed by atoms with E-state index < -0.39 is 0 Å². The molecule has 0 bridgehead atoms. The molecule has 0 aromatic carbocycles. The van der Waals surface area contributed by atoms with Crippen molar-refractivity contribution < 1.29 is 0 Å². The Morgan fingerprint density at radius 3 is 2.44 bits per heavy atom. The van der Waals surface area contributed by atoms with Crippen LogP contribution in [-0.4, -0.2) is 36.6 Å². The van der Waals surface area contributed by atoms with Gasteiger partial charge in [0.1, 0.15) is 0 Å². The topological polar surface area (TPSA) is 15.3 Å². The van der Waals surface area contributed by atoms with Crippen LogP contribution in [0.5, 0.6) is 0 Å². The number of rotatable bonds is 5. The third kappa shape index (κ3) is 3.48. The first-order chi connectivity index (χ1) is 8.72. The molecule has 1 aliphatic heterocycles. The molecule has 18 heavy (non-hydrogen) atoms. The van der Waals surface area contributed by atoms with Crippen LogP contribution in [0.1, 0.15) is 59.3 Å². The van der Waals surface area contributed by atoms with Crippen LogP contribution >= 0.6 is 0 Å². The summed E-state index contributed by atoms with van der Waals surface area (Å²) >= 11 is 0. The Labute approximate surface area is 114 Å². The number of hydrogen-bond acceptors (Lipinski definition) is 2. The van der Waals surface area contributed by atoms with Crippen LogP contribution in [0.3, 0.4) is 0 Å². The standard InChI is InChI=1S/C16H32N2/c1-4-15-6-5-7-16(15)18(13(2)3)12-14-8-10-17-11-9-14/h13-17H,4-12H2,1-3H3. The van der Waals surface area contributed by atoms with Gasteiger partial charge in [0.05, 0.1) is 0 Å². The minimum absolute atomic E-state index is 0.719. The summed E-state index contributed by atoms with van der Waals surface area (Å²) in [6.45, 7) is 11.0. The van der Waals surface area contributed by atoms with Gasteiger partial charge in [0.15, 0.2) is 0 Å². The van der Waals surface area contributed by atoms with Gasteiger partial charge in [-0.05, 0) is 64.5 Å². The molecule has 1 saturated carbocycles. The van der Waals surface area contributed by atoms with Gasteiger partial charge in [-0.25, -0.2) is 0 Å². The van der Waals surface area contributed by atoms with Gasteiger partial charge in [0.2, 0.25) is 0 Å². The van der Waals surface area contributed by atoms with Gasteiger partial charge in [0.25, 0.3) is 0 Å². The molecule has 1 saturated heterocycles. The molecule has 1 N–H and O–H groups in total. The lowest BCUT2D eigenvalue weighted by Crippen LogP contribution is -2.46. The second-order valence-electron chi connectivity index (χ2n) is 6.65. The van der Waals surface area contributed by atoms with Gasteiger partial charge in [-0.3, -0.25) is 4.90 Å². The van der Waals surface area contributed by atoms with Crippen LogP contribution in [0.25, 0.3) is 0 Å². The van der Waals surface area contributed by atoms with E-state index in [1.807, 2.05) is 0 Å². The smallest absolute Gasteiger partial charge is 0.0126 e. The third-order valence-corrected chi connectivity index (χ3v) is 5.16. The molecular formula is C16H32N2. The van der Waals surface area contributed by atoms with Crippen LogP contribution in [-0.2, 0) is 0 Å². The van der Waals surface area contributed by atoms with Gasteiger partial charge in [-0.15, -0.1) is 0 Å². The number of nitrogens with zero attached hydrogens (tertiary/aromatic N) is 1. The molecule has 2 unspecified atom stereocenters. The molecule has 2 rings (SSSR count). The number of hydrogen-bond donors (Lipinski definition) is 1. The van der Waals surface area contributed by atoms with Crippen LogP contribution in [0.15, 0.2) is 0 Å². The molecule has 2 nitrogen and oxygen atoms in total. The minimum Gasteiger partial charge on any atom is -0.317 e. The van der Waals surface area contributed by atoms with E-state index in [4.69, 9.17) is 0 Å². The summed E-state index contributed by atoms with van der Waals surface area (Å²) in [5.74, 6) is 1.90. The van der Waals surface area contributed by atoms with Gasteiger partial charge in [-0.1, -0.05) is 19.8 Å². The second-order valence-corrected chi connectivity index (χ2v) is 6.65. The van der Waals surface area contributed by atoms with Crippen molar-refractivity contribution in [2.45, 2.75) is 71.4 Å². The fourth-order valence-electron chi connectivity index (χ4n) is 4.02. The van der Waals surface area contributed by atoms with Crippen molar-refractivity contribution in [1.29, 1.82) is 0 Å². The molecule has 2 aliphatic rings. The largest absolute Gasteiger partial charge is 0.317 e. The van der Waals surface area contributed by atoms with Crippen LogP contribution < -0.4 is 5.32 Å². The fourth-order valence-corrected chi connectivity index (χ4v) is 4.02. The summed E-state index contributed by atoms with van der Waals surface area (Å²) in [4.78, 5) is 2.84. The Bertz CT molecular complexity index is 233. The minimum atomic E-state index is 0.719. The lowest BCUT2D eigenvalue weighted by molar-refractivity contribution is 0.0914. The maximum atomic E-state index is 3.49. The molecular weight excluding hydrogens is 220 g/mol. The zero-order valence-corrected chi connectivity index (χ0v) is 12.6. The van der Waals surface area contributed by atoms with E-state index >= 15 is 0 Å². The SMILES string of the molecule is CCC1CCCC1N(CC1CCNCC1)C(C)C. The zero-order valence-electron chi connectivity index (χ0n) is 12.6. The highest BCUT2D eigenvalue weighted by molar-refractivity contribution is 4.88. The summed E-state index contributed by atoms with van der Waals surface area (Å²) in [5, 5.41) is 3.49. The molecule has 0 amide bonds. The van der Waals surface area contributed by atoms with Gasteiger partial charge in [-0.2, -0.15) is 0 Å². The first-order valence-corrected chi connectivity index (χ1v) is 8.18. The lowest BCUT2D eigenvalue weighted by atomic mass is 9.93. The van der Waals surface area contributed by atoms with Crippen LogP contribution in [0.2, 0.25) is 0 Å². The number of piperidine rings is 1. The Morgan fingerprint density at radius 1 is 1.11 bits per heavy atom. The predicted molar refractivity (Wildman–Crippen MR) is 78.9 cm³/mol. The highest BCUT2D eigenvalue weighted by Crippen LogP contribution is 2.34. The molecule has 2 atom stereocenters. The highest BCUT2D eigenvalue weighted by atomic mass is 15.2. The van der Waals surface area contributed by atoms with E-state index in [0.29, 0.717) is 0 Å². The molecule has 0 aromatic heterocycles. The molecule has 0 aromatic rings. The van der Waals surface area contributed by atoms with Gasteiger partial charge >= 0.3 is 0 Å². The predicted octanol–water partition coefficient (Wildman–Crippen LogP) is 3.28. The average molecular weight is 252 g/mol. The average Bonchev–Trinajstić information content (AvgIpc) is 2.84. The first-order valence-electron chi connectivity index (χ1n) is 8.18. The first kappa shape index (κ1) is 14.3. The van der Waals surface area contributed by atoms with Crippen molar-refractivity contribution in [2.24, 2.45) is 11.8 Å². The third-order valence-electron chi connectivity index (χ3n) is 5.16. The molecule has 0 spiro atoms. The second kappa shape index (κ2) is 6.91. The summed E-state index contributed by atoms with van der Waals surface area (Å²) in [6.07, 6.45) is 8.51. The van der Waals surface area contributed by atoms with E-state index in [1.54, 1.807) is 0 Å². The summed E-state index contributed by atoms with van der Waals surface area (Å²) in [7, 11) is 0. The summed E-state index contributed by atoms with van der Waals surface area (Å²) in [5.41, 5.74) is 0. The Balaban J connectivity index is 1.94. The maximum absolute atomic E-state index is 3.49. The molecule has 2 fully saturated rings. The normalized spacial score (nSPS) is 30.5. The number of nitrogens with one attached hydrogen (secondary N) is 1. The van der Waals surface area contributed by atoms with E-state index in [9.17, 15) is 0 Å². The van der Waals surface area contributed by atoms with Crippen molar-refractivity contribution >= 4 is 0 Å². The molecule has 106 valence electrons. The fraction of sp³-hybridized carbons (Fsp3) is 1.00. The van der Waals surface area contributed by atoms with Gasteiger partial charge in [0, 0.05) is 18.6 Å². The van der Waals surface area contributed by atoms with Crippen LogP contribution in [0.4, 0.5) is 0 Å². The van der Waals surface area contributed by atoms with E-state index in [2.05, 4.69) is 31.0 Å². The Morgan fingerprint density at radius 2 is 1.83 bits per heavy atom. The maximum Gasteiger partial charge on any atom is 0.0126 e. The van der Waals surface area contributed by atoms with E-state index in [0.717, 1.165) is 23.9 Å². The van der Waals surface area contributed by atoms with Crippen molar-refractivity contribution in [3.63, 3.8) is 0 Å². The molecule has 1 heterocycles. The van der Waals surface area contributed by atoms with Crippen LogP contribution in [0, 0.1) is 11.8 Å². The molecule has 1 aliphatic carbocycles.